The topological polar surface area (TPSA) is 23.6 Å². The molecule has 0 aromatic carbocycles. The van der Waals surface area contributed by atoms with Gasteiger partial charge in [-0.1, -0.05) is 30.1 Å². The predicted octanol–water partition coefficient (Wildman–Crippen LogP) is 1.70. The molecule has 0 spiro atoms. The molecule has 1 amide bonds. The van der Waals surface area contributed by atoms with Crippen molar-refractivity contribution in [3.05, 3.63) is 35.0 Å². The van der Waals surface area contributed by atoms with Crippen LogP contribution in [0.25, 0.3) is 0 Å². The second kappa shape index (κ2) is 3.83. The number of thioether (sulfide) groups is 1. The molecule has 15 heavy (non-hydrogen) atoms. The van der Waals surface area contributed by atoms with E-state index in [-0.39, 0.29) is 5.91 Å². The molecular weight excluding hydrogens is 228 g/mol. The first-order valence-corrected chi connectivity index (χ1v) is 5.65. The summed E-state index contributed by atoms with van der Waals surface area (Å²) < 4.78 is 0.610. The second-order valence-electron chi connectivity index (χ2n) is 3.26. The van der Waals surface area contributed by atoms with Gasteiger partial charge >= 0.3 is 0 Å². The van der Waals surface area contributed by atoms with Crippen molar-refractivity contribution in [3.8, 4) is 0 Å². The third-order valence-corrected chi connectivity index (χ3v) is 3.81. The standard InChI is InChI=1S/C10H10N2OS2/c1-11-6-4-3-5-7(11)8-9(13)12(2)10(14)15-8/h3-6H,1-2H3/b8-7+. The van der Waals surface area contributed by atoms with E-state index in [1.807, 2.05) is 36.4 Å². The lowest BCUT2D eigenvalue weighted by Crippen LogP contribution is -2.24. The quantitative estimate of drug-likeness (QED) is 0.473. The minimum absolute atomic E-state index is 0.0215. The fourth-order valence-corrected chi connectivity index (χ4v) is 2.62. The van der Waals surface area contributed by atoms with E-state index in [1.165, 1.54) is 16.7 Å². The van der Waals surface area contributed by atoms with Gasteiger partial charge in [0.1, 0.15) is 9.23 Å². The number of hydrogen-bond donors (Lipinski definition) is 0. The molecule has 2 rings (SSSR count). The average Bonchev–Trinajstić information content (AvgIpc) is 2.47. The molecule has 1 saturated heterocycles. The Morgan fingerprint density at radius 1 is 1.33 bits per heavy atom. The summed E-state index contributed by atoms with van der Waals surface area (Å²) in [6, 6.07) is 0. The van der Waals surface area contributed by atoms with E-state index in [9.17, 15) is 4.79 Å². The number of rotatable bonds is 0. The first-order chi connectivity index (χ1) is 7.11. The maximum Gasteiger partial charge on any atom is 0.268 e. The van der Waals surface area contributed by atoms with Gasteiger partial charge in [0.2, 0.25) is 0 Å². The Morgan fingerprint density at radius 2 is 2.07 bits per heavy atom. The number of amides is 1. The first kappa shape index (κ1) is 10.4. The Labute approximate surface area is 98.1 Å². The summed E-state index contributed by atoms with van der Waals surface area (Å²) in [5.41, 5.74) is 0.902. The number of nitrogens with zero attached hydrogens (tertiary/aromatic N) is 2. The van der Waals surface area contributed by atoms with Crippen molar-refractivity contribution in [2.24, 2.45) is 0 Å². The molecule has 0 aromatic rings. The second-order valence-corrected chi connectivity index (χ2v) is 4.90. The molecule has 0 unspecified atom stereocenters. The smallest absolute Gasteiger partial charge is 0.268 e. The van der Waals surface area contributed by atoms with Crippen LogP contribution in [0.4, 0.5) is 0 Å². The predicted molar refractivity (Wildman–Crippen MR) is 66.0 cm³/mol. The van der Waals surface area contributed by atoms with Crippen molar-refractivity contribution < 1.29 is 4.79 Å². The van der Waals surface area contributed by atoms with Crippen LogP contribution in [0.15, 0.2) is 35.0 Å². The monoisotopic (exact) mass is 238 g/mol. The van der Waals surface area contributed by atoms with Crippen LogP contribution in [0.3, 0.4) is 0 Å². The van der Waals surface area contributed by atoms with Gasteiger partial charge in [-0.2, -0.15) is 0 Å². The average molecular weight is 238 g/mol. The van der Waals surface area contributed by atoms with E-state index in [1.54, 1.807) is 7.05 Å². The maximum absolute atomic E-state index is 11.8. The molecule has 2 heterocycles. The van der Waals surface area contributed by atoms with Crippen LogP contribution in [0.5, 0.6) is 0 Å². The highest BCUT2D eigenvalue weighted by Crippen LogP contribution is 2.34. The lowest BCUT2D eigenvalue weighted by Gasteiger charge is -2.19. The van der Waals surface area contributed by atoms with Crippen molar-refractivity contribution in [1.29, 1.82) is 0 Å². The fraction of sp³-hybridized carbons (Fsp3) is 0.200. The van der Waals surface area contributed by atoms with Crippen LogP contribution >= 0.6 is 24.0 Å². The number of carbonyl (C=O) groups excluding carboxylic acids is 1. The van der Waals surface area contributed by atoms with Gasteiger partial charge in [0.25, 0.3) is 5.91 Å². The molecule has 2 aliphatic rings. The molecule has 0 saturated carbocycles. The van der Waals surface area contributed by atoms with Gasteiger partial charge in [0, 0.05) is 20.3 Å². The number of allylic oxidation sites excluding steroid dienone is 3. The molecule has 1 fully saturated rings. The Kier molecular flexibility index (Phi) is 2.67. The molecule has 0 atom stereocenters. The molecule has 0 bridgehead atoms. The number of likely N-dealkylation sites (N-methyl/N-ethyl adjacent to an activating group) is 2. The summed E-state index contributed by atoms with van der Waals surface area (Å²) in [7, 11) is 3.62. The zero-order valence-corrected chi connectivity index (χ0v) is 10.1. The van der Waals surface area contributed by atoms with Crippen LogP contribution in [-0.2, 0) is 4.79 Å². The van der Waals surface area contributed by atoms with Crippen molar-refractivity contribution in [1.82, 2.24) is 9.80 Å². The van der Waals surface area contributed by atoms with Crippen LogP contribution in [0.2, 0.25) is 0 Å². The highest BCUT2D eigenvalue weighted by atomic mass is 32.2. The van der Waals surface area contributed by atoms with E-state index >= 15 is 0 Å². The maximum atomic E-state index is 11.8. The normalized spacial score (nSPS) is 25.7. The zero-order chi connectivity index (χ0) is 11.0. The van der Waals surface area contributed by atoms with Gasteiger partial charge in [-0.3, -0.25) is 9.69 Å². The summed E-state index contributed by atoms with van der Waals surface area (Å²) in [5, 5.41) is 0. The van der Waals surface area contributed by atoms with E-state index in [2.05, 4.69) is 0 Å². The summed E-state index contributed by atoms with van der Waals surface area (Å²) in [5.74, 6) is -0.0215. The molecule has 0 radical (unpaired) electrons. The van der Waals surface area contributed by atoms with Crippen LogP contribution < -0.4 is 0 Å². The van der Waals surface area contributed by atoms with E-state index in [4.69, 9.17) is 12.2 Å². The van der Waals surface area contributed by atoms with Crippen LogP contribution in [0, 0.1) is 0 Å². The SMILES string of the molecule is CN1C(=O)/C(=C2/C=CC=CN2C)SC1=S. The highest BCUT2D eigenvalue weighted by Gasteiger charge is 2.32. The number of thiocarbonyl (C=S) groups is 1. The lowest BCUT2D eigenvalue weighted by molar-refractivity contribution is -0.121. The Bertz CT molecular complexity index is 423. The Hall–Kier alpha value is -1.07. The third kappa shape index (κ3) is 1.72. The van der Waals surface area contributed by atoms with Crippen molar-refractivity contribution in [2.45, 2.75) is 0 Å². The molecule has 0 aromatic heterocycles. The molecule has 0 N–H and O–H groups in total. The molecular formula is C10H10N2OS2. The highest BCUT2D eigenvalue weighted by molar-refractivity contribution is 8.26. The van der Waals surface area contributed by atoms with Crippen molar-refractivity contribution in [3.63, 3.8) is 0 Å². The van der Waals surface area contributed by atoms with Gasteiger partial charge in [-0.05, 0) is 12.2 Å². The third-order valence-electron chi connectivity index (χ3n) is 2.25. The van der Waals surface area contributed by atoms with E-state index < -0.39 is 0 Å². The summed E-state index contributed by atoms with van der Waals surface area (Å²) >= 11 is 6.43. The van der Waals surface area contributed by atoms with Gasteiger partial charge in [-0.25, -0.2) is 0 Å². The van der Waals surface area contributed by atoms with E-state index in [0.29, 0.717) is 9.23 Å². The van der Waals surface area contributed by atoms with Gasteiger partial charge in [0.05, 0.1) is 5.70 Å². The van der Waals surface area contributed by atoms with Crippen LogP contribution in [-0.4, -0.2) is 34.1 Å². The first-order valence-electron chi connectivity index (χ1n) is 4.43. The zero-order valence-electron chi connectivity index (χ0n) is 8.43. The largest absolute Gasteiger partial charge is 0.350 e. The van der Waals surface area contributed by atoms with E-state index in [0.717, 1.165) is 5.70 Å². The van der Waals surface area contributed by atoms with Crippen molar-refractivity contribution in [2.75, 3.05) is 14.1 Å². The molecule has 2 aliphatic heterocycles. The van der Waals surface area contributed by atoms with Crippen molar-refractivity contribution >= 4 is 34.2 Å². The summed E-state index contributed by atoms with van der Waals surface area (Å²) in [4.78, 5) is 16.0. The van der Waals surface area contributed by atoms with Gasteiger partial charge in [0.15, 0.2) is 0 Å². The Morgan fingerprint density at radius 3 is 2.60 bits per heavy atom. The fourth-order valence-electron chi connectivity index (χ4n) is 1.36. The lowest BCUT2D eigenvalue weighted by atomic mass is 10.2. The van der Waals surface area contributed by atoms with Gasteiger partial charge in [-0.15, -0.1) is 0 Å². The molecule has 78 valence electrons. The van der Waals surface area contributed by atoms with Gasteiger partial charge < -0.3 is 4.90 Å². The molecule has 5 heteroatoms. The number of carbonyl (C=O) groups is 1. The summed E-state index contributed by atoms with van der Waals surface area (Å²) in [6.07, 6.45) is 7.67. The minimum atomic E-state index is -0.0215. The van der Waals surface area contributed by atoms with Crippen LogP contribution in [0.1, 0.15) is 0 Å². The number of hydrogen-bond acceptors (Lipinski definition) is 4. The minimum Gasteiger partial charge on any atom is -0.350 e. The summed E-state index contributed by atoms with van der Waals surface area (Å²) in [6.45, 7) is 0. The molecule has 3 nitrogen and oxygen atoms in total. The Balaban J connectivity index is 2.42. The molecule has 0 aliphatic carbocycles.